The number of halogens is 1. The van der Waals surface area contributed by atoms with E-state index in [0.717, 1.165) is 18.4 Å². The van der Waals surface area contributed by atoms with Gasteiger partial charge in [0, 0.05) is 25.2 Å². The number of sulfonamides is 1. The highest BCUT2D eigenvalue weighted by molar-refractivity contribution is 7.89. The van der Waals surface area contributed by atoms with Gasteiger partial charge in [0.05, 0.1) is 6.61 Å². The molecule has 8 heteroatoms. The summed E-state index contributed by atoms with van der Waals surface area (Å²) in [7, 11) is -3.69. The van der Waals surface area contributed by atoms with Gasteiger partial charge in [0.1, 0.15) is 16.5 Å². The Morgan fingerprint density at radius 1 is 1.14 bits per heavy atom. The van der Waals surface area contributed by atoms with Crippen molar-refractivity contribution < 1.29 is 22.3 Å². The standard InChI is InChI=1S/C21H25FN2O4S/c1-2-28-19-11-10-18(15-20(19)29(26,27)24-13-3-4-14-24)23-21(25)12-7-16-5-8-17(22)9-6-16/h5-6,8-11,15H,2-4,7,12-14H2,1H3,(H,23,25). The van der Waals surface area contributed by atoms with E-state index >= 15 is 0 Å². The minimum absolute atomic E-state index is 0.0672. The second-order valence-corrected chi connectivity index (χ2v) is 8.79. The SMILES string of the molecule is CCOc1ccc(NC(=O)CCc2ccc(F)cc2)cc1S(=O)(=O)N1CCCC1. The highest BCUT2D eigenvalue weighted by Gasteiger charge is 2.30. The number of nitrogens with one attached hydrogen (secondary N) is 1. The molecule has 2 aromatic carbocycles. The quantitative estimate of drug-likeness (QED) is 0.708. The Bertz CT molecular complexity index is 955. The fourth-order valence-corrected chi connectivity index (χ4v) is 4.94. The smallest absolute Gasteiger partial charge is 0.246 e. The number of carbonyl (C=O) groups excluding carboxylic acids is 1. The van der Waals surface area contributed by atoms with Crippen LogP contribution in [-0.4, -0.2) is 38.3 Å². The first-order valence-electron chi connectivity index (χ1n) is 9.71. The largest absolute Gasteiger partial charge is 0.492 e. The molecule has 0 aliphatic carbocycles. The molecule has 1 saturated heterocycles. The third kappa shape index (κ3) is 5.33. The Kier molecular flexibility index (Phi) is 6.87. The van der Waals surface area contributed by atoms with Crippen molar-refractivity contribution in [2.45, 2.75) is 37.5 Å². The summed E-state index contributed by atoms with van der Waals surface area (Å²) in [6.07, 6.45) is 2.33. The average Bonchev–Trinajstić information content (AvgIpc) is 3.25. The lowest BCUT2D eigenvalue weighted by atomic mass is 10.1. The van der Waals surface area contributed by atoms with E-state index in [1.165, 1.54) is 22.5 Å². The highest BCUT2D eigenvalue weighted by atomic mass is 32.2. The van der Waals surface area contributed by atoms with Crippen molar-refractivity contribution in [3.8, 4) is 5.75 Å². The zero-order valence-electron chi connectivity index (χ0n) is 16.4. The third-order valence-corrected chi connectivity index (χ3v) is 6.68. The molecule has 0 atom stereocenters. The van der Waals surface area contributed by atoms with Crippen molar-refractivity contribution in [3.63, 3.8) is 0 Å². The fraction of sp³-hybridized carbons (Fsp3) is 0.381. The first-order valence-corrected chi connectivity index (χ1v) is 11.2. The molecule has 1 aliphatic heterocycles. The number of ether oxygens (including phenoxy) is 1. The van der Waals surface area contributed by atoms with Crippen molar-refractivity contribution in [3.05, 3.63) is 53.8 Å². The summed E-state index contributed by atoms with van der Waals surface area (Å²) in [5, 5.41) is 2.74. The third-order valence-electron chi connectivity index (χ3n) is 4.76. The summed E-state index contributed by atoms with van der Waals surface area (Å²) >= 11 is 0. The Morgan fingerprint density at radius 3 is 2.48 bits per heavy atom. The zero-order chi connectivity index (χ0) is 20.9. The van der Waals surface area contributed by atoms with Crippen LogP contribution in [0.2, 0.25) is 0 Å². The van der Waals surface area contributed by atoms with Gasteiger partial charge in [-0.25, -0.2) is 12.8 Å². The van der Waals surface area contributed by atoms with E-state index in [0.29, 0.717) is 31.8 Å². The number of hydrogen-bond acceptors (Lipinski definition) is 4. The molecule has 6 nitrogen and oxygen atoms in total. The summed E-state index contributed by atoms with van der Waals surface area (Å²) in [6, 6.07) is 10.6. The van der Waals surface area contributed by atoms with Gasteiger partial charge in [-0.3, -0.25) is 4.79 Å². The topological polar surface area (TPSA) is 75.7 Å². The molecular weight excluding hydrogens is 395 g/mol. The van der Waals surface area contributed by atoms with E-state index in [2.05, 4.69) is 5.32 Å². The van der Waals surface area contributed by atoms with Crippen LogP contribution in [0.25, 0.3) is 0 Å². The zero-order valence-corrected chi connectivity index (χ0v) is 17.2. The summed E-state index contributed by atoms with van der Waals surface area (Å²) in [5.74, 6) is -0.286. The number of benzene rings is 2. The molecule has 1 aliphatic rings. The maximum Gasteiger partial charge on any atom is 0.246 e. The Morgan fingerprint density at radius 2 is 1.83 bits per heavy atom. The van der Waals surface area contributed by atoms with Gasteiger partial charge in [0.25, 0.3) is 0 Å². The molecule has 1 heterocycles. The van der Waals surface area contributed by atoms with Crippen molar-refractivity contribution in [2.75, 3.05) is 25.0 Å². The van der Waals surface area contributed by atoms with Crippen LogP contribution in [0.5, 0.6) is 5.75 Å². The van der Waals surface area contributed by atoms with Crippen LogP contribution in [0.1, 0.15) is 31.7 Å². The van der Waals surface area contributed by atoms with Gasteiger partial charge in [-0.1, -0.05) is 12.1 Å². The van der Waals surface area contributed by atoms with Crippen LogP contribution in [0.15, 0.2) is 47.4 Å². The molecule has 3 rings (SSSR count). The number of amides is 1. The maximum absolute atomic E-state index is 13.0. The van der Waals surface area contributed by atoms with Crippen LogP contribution in [-0.2, 0) is 21.2 Å². The summed E-state index contributed by atoms with van der Waals surface area (Å²) in [4.78, 5) is 12.4. The maximum atomic E-state index is 13.0. The monoisotopic (exact) mass is 420 g/mol. The van der Waals surface area contributed by atoms with Crippen LogP contribution in [0.4, 0.5) is 10.1 Å². The van der Waals surface area contributed by atoms with Crippen molar-refractivity contribution >= 4 is 21.6 Å². The first-order chi connectivity index (χ1) is 13.9. The van der Waals surface area contributed by atoms with Crippen LogP contribution < -0.4 is 10.1 Å². The van der Waals surface area contributed by atoms with E-state index in [4.69, 9.17) is 4.74 Å². The lowest BCUT2D eigenvalue weighted by Crippen LogP contribution is -2.28. The highest BCUT2D eigenvalue weighted by Crippen LogP contribution is 2.31. The number of rotatable bonds is 8. The molecule has 0 saturated carbocycles. The minimum atomic E-state index is -3.69. The number of carbonyl (C=O) groups is 1. The molecule has 0 spiro atoms. The van der Waals surface area contributed by atoms with Crippen molar-refractivity contribution in [1.82, 2.24) is 4.31 Å². The molecule has 0 radical (unpaired) electrons. The molecule has 0 bridgehead atoms. The van der Waals surface area contributed by atoms with Crippen LogP contribution in [0, 0.1) is 5.82 Å². The molecular formula is C21H25FN2O4S. The molecule has 1 fully saturated rings. The lowest BCUT2D eigenvalue weighted by Gasteiger charge is -2.19. The second-order valence-electron chi connectivity index (χ2n) is 6.88. The van der Waals surface area contributed by atoms with Gasteiger partial charge < -0.3 is 10.1 Å². The summed E-state index contributed by atoms with van der Waals surface area (Å²) < 4.78 is 45.9. The van der Waals surface area contributed by atoms with Crippen LogP contribution >= 0.6 is 0 Å². The molecule has 156 valence electrons. The molecule has 0 aromatic heterocycles. The van der Waals surface area contributed by atoms with E-state index in [-0.39, 0.29) is 28.8 Å². The minimum Gasteiger partial charge on any atom is -0.492 e. The molecule has 0 unspecified atom stereocenters. The molecule has 2 aromatic rings. The van der Waals surface area contributed by atoms with Gasteiger partial charge in [0.15, 0.2) is 0 Å². The Balaban J connectivity index is 1.73. The van der Waals surface area contributed by atoms with Gasteiger partial charge >= 0.3 is 0 Å². The molecule has 1 amide bonds. The first kappa shape index (κ1) is 21.3. The fourth-order valence-electron chi connectivity index (χ4n) is 3.26. The Hall–Kier alpha value is -2.45. The van der Waals surface area contributed by atoms with E-state index in [1.54, 1.807) is 31.2 Å². The molecule has 1 N–H and O–H groups in total. The van der Waals surface area contributed by atoms with Crippen molar-refractivity contribution in [2.24, 2.45) is 0 Å². The summed E-state index contributed by atoms with van der Waals surface area (Å²) in [6.45, 7) is 3.10. The predicted molar refractivity (Wildman–Crippen MR) is 109 cm³/mol. The van der Waals surface area contributed by atoms with Crippen LogP contribution in [0.3, 0.4) is 0 Å². The normalized spacial score (nSPS) is 14.7. The number of anilines is 1. The number of aryl methyl sites for hydroxylation is 1. The van der Waals surface area contributed by atoms with Gasteiger partial charge in [-0.05, 0) is 62.1 Å². The van der Waals surface area contributed by atoms with Gasteiger partial charge in [-0.2, -0.15) is 4.31 Å². The Labute approximate surface area is 170 Å². The van der Waals surface area contributed by atoms with Gasteiger partial charge in [0.2, 0.25) is 15.9 Å². The average molecular weight is 421 g/mol. The second kappa shape index (κ2) is 9.37. The summed E-state index contributed by atoms with van der Waals surface area (Å²) in [5.41, 5.74) is 1.25. The van der Waals surface area contributed by atoms with Crippen molar-refractivity contribution in [1.29, 1.82) is 0 Å². The number of hydrogen-bond donors (Lipinski definition) is 1. The van der Waals surface area contributed by atoms with Gasteiger partial charge in [-0.15, -0.1) is 0 Å². The van der Waals surface area contributed by atoms with E-state index in [9.17, 15) is 17.6 Å². The predicted octanol–water partition coefficient (Wildman–Crippen LogP) is 3.58. The lowest BCUT2D eigenvalue weighted by molar-refractivity contribution is -0.116. The number of nitrogens with zero attached hydrogens (tertiary/aromatic N) is 1. The molecule has 29 heavy (non-hydrogen) atoms. The van der Waals surface area contributed by atoms with E-state index < -0.39 is 10.0 Å². The van der Waals surface area contributed by atoms with E-state index in [1.807, 2.05) is 0 Å².